The molecule has 2 aliphatic heterocycles. The molecule has 0 aliphatic carbocycles. The second-order valence-corrected chi connectivity index (χ2v) is 7.47. The molecule has 0 saturated carbocycles. The highest BCUT2D eigenvalue weighted by Gasteiger charge is 2.50. The van der Waals surface area contributed by atoms with Gasteiger partial charge < -0.3 is 19.1 Å². The van der Waals surface area contributed by atoms with E-state index >= 15 is 0 Å². The third-order valence-corrected chi connectivity index (χ3v) is 5.77. The van der Waals surface area contributed by atoms with Crippen LogP contribution in [0.2, 0.25) is 5.02 Å². The predicted molar refractivity (Wildman–Crippen MR) is 108 cm³/mol. The standard InChI is InChI=1S/C21H23ClN2O4/c1-26-16-6-4-13(20(10-16)28-3)11-23-12-15-9-18(23)21(25)24(15)17-8-14(22)5-7-19(17)27-2/h4-8,10,15,18H,9,11-12H2,1-3H3/t15-,18-/m0/s1. The summed E-state index contributed by atoms with van der Waals surface area (Å²) < 4.78 is 16.2. The number of piperazine rings is 1. The fourth-order valence-corrected chi connectivity index (χ4v) is 4.37. The Hall–Kier alpha value is -2.44. The van der Waals surface area contributed by atoms with Crippen LogP contribution in [0.25, 0.3) is 0 Å². The Kier molecular flexibility index (Phi) is 5.08. The monoisotopic (exact) mass is 402 g/mol. The van der Waals surface area contributed by atoms with E-state index in [1.165, 1.54) is 0 Å². The minimum absolute atomic E-state index is 0.0873. The number of nitrogens with zero attached hydrogens (tertiary/aromatic N) is 2. The van der Waals surface area contributed by atoms with Gasteiger partial charge in [0.15, 0.2) is 0 Å². The fourth-order valence-electron chi connectivity index (χ4n) is 4.21. The zero-order valence-corrected chi connectivity index (χ0v) is 16.9. The molecule has 0 aromatic heterocycles. The van der Waals surface area contributed by atoms with Gasteiger partial charge in [0.25, 0.3) is 0 Å². The first kappa shape index (κ1) is 18.9. The van der Waals surface area contributed by atoms with E-state index in [9.17, 15) is 4.79 Å². The van der Waals surface area contributed by atoms with Crippen LogP contribution in [0.5, 0.6) is 17.2 Å². The van der Waals surface area contributed by atoms with Gasteiger partial charge in [-0.1, -0.05) is 17.7 Å². The van der Waals surface area contributed by atoms with Crippen molar-refractivity contribution in [1.29, 1.82) is 0 Å². The van der Waals surface area contributed by atoms with Crippen LogP contribution in [0.4, 0.5) is 5.69 Å². The average Bonchev–Trinajstić information content (AvgIpc) is 3.25. The van der Waals surface area contributed by atoms with Crippen molar-refractivity contribution < 1.29 is 19.0 Å². The summed E-state index contributed by atoms with van der Waals surface area (Å²) in [6.07, 6.45) is 0.799. The predicted octanol–water partition coefficient (Wildman–Crippen LogP) is 3.36. The smallest absolute Gasteiger partial charge is 0.244 e. The number of rotatable bonds is 6. The van der Waals surface area contributed by atoms with Crippen molar-refractivity contribution in [2.24, 2.45) is 0 Å². The molecule has 28 heavy (non-hydrogen) atoms. The Morgan fingerprint density at radius 3 is 2.50 bits per heavy atom. The van der Waals surface area contributed by atoms with Gasteiger partial charge in [0.05, 0.1) is 39.1 Å². The third kappa shape index (κ3) is 3.16. The van der Waals surface area contributed by atoms with Gasteiger partial charge >= 0.3 is 0 Å². The number of halogens is 1. The van der Waals surface area contributed by atoms with E-state index < -0.39 is 0 Å². The van der Waals surface area contributed by atoms with Crippen LogP contribution in [0.3, 0.4) is 0 Å². The van der Waals surface area contributed by atoms with Gasteiger partial charge in [-0.05, 0) is 30.7 Å². The van der Waals surface area contributed by atoms with Crippen LogP contribution < -0.4 is 19.1 Å². The summed E-state index contributed by atoms with van der Waals surface area (Å²) in [5, 5.41) is 0.589. The van der Waals surface area contributed by atoms with Crippen molar-refractivity contribution in [3.05, 3.63) is 47.0 Å². The second-order valence-electron chi connectivity index (χ2n) is 7.04. The Morgan fingerprint density at radius 1 is 1.04 bits per heavy atom. The minimum atomic E-state index is -0.152. The zero-order valence-electron chi connectivity index (χ0n) is 16.1. The average molecular weight is 403 g/mol. The largest absolute Gasteiger partial charge is 0.497 e. The van der Waals surface area contributed by atoms with Crippen molar-refractivity contribution in [2.45, 2.75) is 25.0 Å². The van der Waals surface area contributed by atoms with Crippen molar-refractivity contribution in [1.82, 2.24) is 4.90 Å². The van der Waals surface area contributed by atoms with E-state index in [1.807, 2.05) is 23.1 Å². The minimum Gasteiger partial charge on any atom is -0.497 e. The molecule has 2 aromatic carbocycles. The molecule has 0 radical (unpaired) electrons. The molecule has 0 N–H and O–H groups in total. The molecule has 7 heteroatoms. The van der Waals surface area contributed by atoms with Gasteiger partial charge in [0, 0.05) is 29.7 Å². The van der Waals surface area contributed by atoms with Gasteiger partial charge in [0.1, 0.15) is 17.2 Å². The van der Waals surface area contributed by atoms with Crippen LogP contribution in [0.15, 0.2) is 36.4 Å². The molecule has 2 heterocycles. The molecule has 2 aliphatic rings. The first-order valence-electron chi connectivity index (χ1n) is 9.17. The first-order chi connectivity index (χ1) is 13.5. The van der Waals surface area contributed by atoms with Gasteiger partial charge in [-0.25, -0.2) is 0 Å². The van der Waals surface area contributed by atoms with Gasteiger partial charge in [-0.2, -0.15) is 0 Å². The molecule has 2 atom stereocenters. The van der Waals surface area contributed by atoms with Crippen molar-refractivity contribution >= 4 is 23.2 Å². The van der Waals surface area contributed by atoms with Crippen molar-refractivity contribution in [3.8, 4) is 17.2 Å². The maximum Gasteiger partial charge on any atom is 0.244 e. The van der Waals surface area contributed by atoms with Crippen LogP contribution in [0.1, 0.15) is 12.0 Å². The van der Waals surface area contributed by atoms with E-state index in [0.29, 0.717) is 17.3 Å². The summed E-state index contributed by atoms with van der Waals surface area (Å²) in [7, 11) is 4.88. The van der Waals surface area contributed by atoms with Crippen LogP contribution >= 0.6 is 11.6 Å². The lowest BCUT2D eigenvalue weighted by molar-refractivity contribution is -0.122. The molecule has 2 saturated heterocycles. The van der Waals surface area contributed by atoms with Crippen LogP contribution in [0, 0.1) is 0 Å². The lowest BCUT2D eigenvalue weighted by atomic mass is 10.1. The summed E-state index contributed by atoms with van der Waals surface area (Å²) in [6.45, 7) is 1.45. The molecule has 0 unspecified atom stereocenters. The number of fused-ring (bicyclic) bond motifs is 2. The maximum atomic E-state index is 13.1. The fraction of sp³-hybridized carbons (Fsp3) is 0.381. The molecule has 148 valence electrons. The Labute approximate surface area is 169 Å². The number of ether oxygens (including phenoxy) is 3. The van der Waals surface area contributed by atoms with Crippen molar-refractivity contribution in [3.63, 3.8) is 0 Å². The quantitative estimate of drug-likeness (QED) is 0.741. The number of anilines is 1. The van der Waals surface area contributed by atoms with Crippen LogP contribution in [-0.2, 0) is 11.3 Å². The SMILES string of the molecule is COc1ccc(CN2C[C@@H]3C[C@H]2C(=O)N3c2cc(Cl)ccc2OC)c(OC)c1. The lowest BCUT2D eigenvalue weighted by Gasteiger charge is -2.34. The summed E-state index contributed by atoms with van der Waals surface area (Å²) in [6, 6.07) is 11.1. The van der Waals surface area contributed by atoms with E-state index in [-0.39, 0.29) is 18.0 Å². The number of carbonyl (C=O) groups is 1. The van der Waals surface area contributed by atoms with Gasteiger partial charge in [-0.3, -0.25) is 9.69 Å². The van der Waals surface area contributed by atoms with Gasteiger partial charge in [0.2, 0.25) is 5.91 Å². The normalized spacial score (nSPS) is 21.3. The molecule has 0 spiro atoms. The first-order valence-corrected chi connectivity index (χ1v) is 9.55. The van der Waals surface area contributed by atoms with Crippen molar-refractivity contribution in [2.75, 3.05) is 32.8 Å². The van der Waals surface area contributed by atoms with E-state index in [2.05, 4.69) is 4.90 Å². The summed E-state index contributed by atoms with van der Waals surface area (Å²) in [5.74, 6) is 2.26. The molecular formula is C21H23ClN2O4. The Balaban J connectivity index is 1.55. The molecule has 2 aromatic rings. The number of methoxy groups -OCH3 is 3. The highest BCUT2D eigenvalue weighted by Crippen LogP contribution is 2.42. The maximum absolute atomic E-state index is 13.1. The summed E-state index contributed by atoms with van der Waals surface area (Å²) in [4.78, 5) is 17.2. The number of hydrogen-bond acceptors (Lipinski definition) is 5. The highest BCUT2D eigenvalue weighted by atomic mass is 35.5. The zero-order chi connectivity index (χ0) is 19.8. The Bertz CT molecular complexity index is 904. The number of amides is 1. The van der Waals surface area contributed by atoms with E-state index in [1.54, 1.807) is 39.5 Å². The Morgan fingerprint density at radius 2 is 1.82 bits per heavy atom. The van der Waals surface area contributed by atoms with E-state index in [0.717, 1.165) is 35.7 Å². The number of benzene rings is 2. The van der Waals surface area contributed by atoms with Gasteiger partial charge in [-0.15, -0.1) is 0 Å². The summed E-state index contributed by atoms with van der Waals surface area (Å²) in [5.41, 5.74) is 1.78. The van der Waals surface area contributed by atoms with E-state index in [4.69, 9.17) is 25.8 Å². The lowest BCUT2D eigenvalue weighted by Crippen LogP contribution is -2.50. The topological polar surface area (TPSA) is 51.2 Å². The highest BCUT2D eigenvalue weighted by molar-refractivity contribution is 6.31. The van der Waals surface area contributed by atoms with Crippen LogP contribution in [-0.4, -0.2) is 50.8 Å². The molecule has 6 nitrogen and oxygen atoms in total. The molecule has 2 fully saturated rings. The molecule has 4 rings (SSSR count). The molecular weight excluding hydrogens is 380 g/mol. The second kappa shape index (κ2) is 7.53. The third-order valence-electron chi connectivity index (χ3n) is 5.54. The number of hydrogen-bond donors (Lipinski definition) is 0. The number of likely N-dealkylation sites (tertiary alicyclic amines) is 1. The summed E-state index contributed by atoms with van der Waals surface area (Å²) >= 11 is 6.17. The molecule has 1 amide bonds. The molecule has 2 bridgehead atoms. The number of carbonyl (C=O) groups excluding carboxylic acids is 1.